The SMILES string of the molecule is CCNC(Cc1nc(C(C)(C)C)cs1)c1cscc1C. The summed E-state index contributed by atoms with van der Waals surface area (Å²) in [4.78, 5) is 4.83. The molecular formula is C16H24N2S2. The van der Waals surface area contributed by atoms with E-state index in [9.17, 15) is 0 Å². The Balaban J connectivity index is 2.17. The third-order valence-electron chi connectivity index (χ3n) is 3.42. The fourth-order valence-corrected chi connectivity index (χ4v) is 4.16. The van der Waals surface area contributed by atoms with Gasteiger partial charge in [0, 0.05) is 23.3 Å². The number of hydrogen-bond donors (Lipinski definition) is 1. The van der Waals surface area contributed by atoms with Gasteiger partial charge in [0.15, 0.2) is 0 Å². The number of thiophene rings is 1. The van der Waals surface area contributed by atoms with Gasteiger partial charge in [0.05, 0.1) is 10.7 Å². The monoisotopic (exact) mass is 308 g/mol. The molecule has 0 fully saturated rings. The Hall–Kier alpha value is -0.710. The molecular weight excluding hydrogens is 284 g/mol. The van der Waals surface area contributed by atoms with E-state index in [0.717, 1.165) is 13.0 Å². The largest absolute Gasteiger partial charge is 0.310 e. The maximum Gasteiger partial charge on any atom is 0.0947 e. The van der Waals surface area contributed by atoms with Crippen LogP contribution < -0.4 is 5.32 Å². The molecule has 0 saturated carbocycles. The quantitative estimate of drug-likeness (QED) is 0.865. The number of rotatable bonds is 5. The zero-order chi connectivity index (χ0) is 14.8. The molecule has 4 heteroatoms. The van der Waals surface area contributed by atoms with Crippen molar-refractivity contribution >= 4 is 22.7 Å². The van der Waals surface area contributed by atoms with Crippen LogP contribution in [0, 0.1) is 6.92 Å². The lowest BCUT2D eigenvalue weighted by atomic mass is 9.93. The van der Waals surface area contributed by atoms with Crippen LogP contribution in [-0.2, 0) is 11.8 Å². The van der Waals surface area contributed by atoms with E-state index in [-0.39, 0.29) is 5.41 Å². The lowest BCUT2D eigenvalue weighted by molar-refractivity contribution is 0.539. The van der Waals surface area contributed by atoms with Gasteiger partial charge in [-0.3, -0.25) is 0 Å². The molecule has 110 valence electrons. The smallest absolute Gasteiger partial charge is 0.0947 e. The summed E-state index contributed by atoms with van der Waals surface area (Å²) in [5.74, 6) is 0. The molecule has 2 aromatic heterocycles. The maximum absolute atomic E-state index is 4.83. The van der Waals surface area contributed by atoms with Gasteiger partial charge in [-0.15, -0.1) is 11.3 Å². The Morgan fingerprint density at radius 1 is 1.25 bits per heavy atom. The Kier molecular flexibility index (Phi) is 4.99. The van der Waals surface area contributed by atoms with Gasteiger partial charge in [-0.25, -0.2) is 4.98 Å². The molecule has 2 rings (SSSR count). The summed E-state index contributed by atoms with van der Waals surface area (Å²) in [5.41, 5.74) is 4.15. The van der Waals surface area contributed by atoms with E-state index < -0.39 is 0 Å². The molecule has 0 amide bonds. The average Bonchev–Trinajstić information content (AvgIpc) is 2.96. The first kappa shape index (κ1) is 15.7. The van der Waals surface area contributed by atoms with Gasteiger partial charge >= 0.3 is 0 Å². The van der Waals surface area contributed by atoms with Gasteiger partial charge < -0.3 is 5.32 Å². The topological polar surface area (TPSA) is 24.9 Å². The van der Waals surface area contributed by atoms with E-state index in [0.29, 0.717) is 6.04 Å². The Morgan fingerprint density at radius 2 is 2.00 bits per heavy atom. The molecule has 0 bridgehead atoms. The molecule has 2 aromatic rings. The number of nitrogens with one attached hydrogen (secondary N) is 1. The number of nitrogens with zero attached hydrogens (tertiary/aromatic N) is 1. The van der Waals surface area contributed by atoms with Crippen LogP contribution in [0.5, 0.6) is 0 Å². The molecule has 0 spiro atoms. The molecule has 0 aliphatic carbocycles. The summed E-state index contributed by atoms with van der Waals surface area (Å²) in [6.45, 7) is 12.0. The second-order valence-corrected chi connectivity index (χ2v) is 7.89. The van der Waals surface area contributed by atoms with E-state index in [2.05, 4.69) is 56.1 Å². The van der Waals surface area contributed by atoms with Crippen LogP contribution in [0.3, 0.4) is 0 Å². The highest BCUT2D eigenvalue weighted by molar-refractivity contribution is 7.09. The third-order valence-corrected chi connectivity index (χ3v) is 5.17. The van der Waals surface area contributed by atoms with Crippen LogP contribution >= 0.6 is 22.7 Å². The van der Waals surface area contributed by atoms with Crippen LogP contribution in [0.2, 0.25) is 0 Å². The molecule has 0 radical (unpaired) electrons. The van der Waals surface area contributed by atoms with E-state index in [4.69, 9.17) is 4.98 Å². The lowest BCUT2D eigenvalue weighted by Crippen LogP contribution is -2.23. The van der Waals surface area contributed by atoms with Crippen molar-refractivity contribution in [2.45, 2.75) is 52.5 Å². The van der Waals surface area contributed by atoms with Gasteiger partial charge in [-0.05, 0) is 35.4 Å². The van der Waals surface area contributed by atoms with Crippen molar-refractivity contribution in [1.29, 1.82) is 0 Å². The molecule has 1 atom stereocenters. The normalized spacial score (nSPS) is 13.7. The van der Waals surface area contributed by atoms with Crippen molar-refractivity contribution in [3.05, 3.63) is 38.0 Å². The van der Waals surface area contributed by atoms with Crippen molar-refractivity contribution in [2.75, 3.05) is 6.54 Å². The highest BCUT2D eigenvalue weighted by Gasteiger charge is 2.20. The molecule has 0 aliphatic rings. The van der Waals surface area contributed by atoms with Crippen LogP contribution in [-0.4, -0.2) is 11.5 Å². The molecule has 2 heterocycles. The lowest BCUT2D eigenvalue weighted by Gasteiger charge is -2.17. The molecule has 2 nitrogen and oxygen atoms in total. The standard InChI is InChI=1S/C16H24N2S2/c1-6-17-13(12-9-19-8-11(12)2)7-15-18-14(10-20-15)16(3,4)5/h8-10,13,17H,6-7H2,1-5H3. The minimum absolute atomic E-state index is 0.140. The van der Waals surface area contributed by atoms with Crippen molar-refractivity contribution in [1.82, 2.24) is 10.3 Å². The summed E-state index contributed by atoms with van der Waals surface area (Å²) in [6.07, 6.45) is 0.978. The van der Waals surface area contributed by atoms with Crippen LogP contribution in [0.4, 0.5) is 0 Å². The fourth-order valence-electron chi connectivity index (χ4n) is 2.19. The zero-order valence-corrected chi connectivity index (χ0v) is 14.6. The number of aromatic nitrogens is 1. The van der Waals surface area contributed by atoms with Crippen molar-refractivity contribution in [2.24, 2.45) is 0 Å². The van der Waals surface area contributed by atoms with Crippen LogP contribution in [0.15, 0.2) is 16.1 Å². The Labute approximate surface area is 130 Å². The molecule has 0 aromatic carbocycles. The minimum Gasteiger partial charge on any atom is -0.310 e. The Bertz CT molecular complexity index is 549. The Morgan fingerprint density at radius 3 is 2.50 bits per heavy atom. The zero-order valence-electron chi connectivity index (χ0n) is 13.0. The van der Waals surface area contributed by atoms with E-state index in [1.54, 1.807) is 22.7 Å². The fraction of sp³-hybridized carbons (Fsp3) is 0.562. The minimum atomic E-state index is 0.140. The van der Waals surface area contributed by atoms with E-state index in [1.165, 1.54) is 21.8 Å². The molecule has 1 N–H and O–H groups in total. The highest BCUT2D eigenvalue weighted by atomic mass is 32.1. The van der Waals surface area contributed by atoms with Gasteiger partial charge in [0.2, 0.25) is 0 Å². The van der Waals surface area contributed by atoms with Crippen molar-refractivity contribution < 1.29 is 0 Å². The first-order valence-corrected chi connectivity index (χ1v) is 8.95. The summed E-state index contributed by atoms with van der Waals surface area (Å²) >= 11 is 3.57. The second kappa shape index (κ2) is 6.37. The number of likely N-dealkylation sites (N-methyl/N-ethyl adjacent to an activating group) is 1. The van der Waals surface area contributed by atoms with Gasteiger partial charge in [-0.1, -0.05) is 27.7 Å². The molecule has 0 aliphatic heterocycles. The predicted octanol–water partition coefficient (Wildman–Crippen LogP) is 4.70. The second-order valence-electron chi connectivity index (χ2n) is 6.20. The number of thiazole rings is 1. The summed E-state index contributed by atoms with van der Waals surface area (Å²) in [7, 11) is 0. The first-order chi connectivity index (χ1) is 9.41. The van der Waals surface area contributed by atoms with Gasteiger partial charge in [-0.2, -0.15) is 11.3 Å². The molecule has 1 unspecified atom stereocenters. The summed E-state index contributed by atoms with van der Waals surface area (Å²) in [5, 5.41) is 11.5. The van der Waals surface area contributed by atoms with E-state index >= 15 is 0 Å². The van der Waals surface area contributed by atoms with Crippen molar-refractivity contribution in [3.8, 4) is 0 Å². The molecule has 20 heavy (non-hydrogen) atoms. The van der Waals surface area contributed by atoms with Crippen LogP contribution in [0.25, 0.3) is 0 Å². The van der Waals surface area contributed by atoms with Gasteiger partial charge in [0.1, 0.15) is 0 Å². The predicted molar refractivity (Wildman–Crippen MR) is 90.0 cm³/mol. The molecule has 0 saturated heterocycles. The summed E-state index contributed by atoms with van der Waals surface area (Å²) in [6, 6.07) is 0.380. The summed E-state index contributed by atoms with van der Waals surface area (Å²) < 4.78 is 0. The first-order valence-electron chi connectivity index (χ1n) is 7.12. The van der Waals surface area contributed by atoms with Crippen molar-refractivity contribution in [3.63, 3.8) is 0 Å². The maximum atomic E-state index is 4.83. The van der Waals surface area contributed by atoms with E-state index in [1.807, 2.05) is 0 Å². The third kappa shape index (κ3) is 3.68. The highest BCUT2D eigenvalue weighted by Crippen LogP contribution is 2.29. The van der Waals surface area contributed by atoms with Gasteiger partial charge in [0.25, 0.3) is 0 Å². The number of aryl methyl sites for hydroxylation is 1. The number of hydrogen-bond acceptors (Lipinski definition) is 4. The average molecular weight is 309 g/mol. The van der Waals surface area contributed by atoms with Crippen LogP contribution in [0.1, 0.15) is 55.6 Å².